The van der Waals surface area contributed by atoms with Gasteiger partial charge < -0.3 is 10.0 Å². The molecule has 0 saturated carbocycles. The number of carbonyl (C=O) groups is 2. The molecule has 2 saturated heterocycles. The number of nitrogens with zero attached hydrogens (tertiary/aromatic N) is 6. The number of hydrogen-bond acceptors (Lipinski definition) is 10. The van der Waals surface area contributed by atoms with Crippen molar-refractivity contribution in [3.05, 3.63) is 39.4 Å². The number of anilines is 2. The Morgan fingerprint density at radius 1 is 1.18 bits per heavy atom. The summed E-state index contributed by atoms with van der Waals surface area (Å²) in [5, 5.41) is 14.9. The minimum atomic E-state index is -0.783. The fraction of sp³-hybridized carbons (Fsp3) is 0.480. The number of hydrogen-bond donors (Lipinski definition) is 2. The third-order valence-corrected chi connectivity index (χ3v) is 9.21. The first kappa shape index (κ1) is 26.9. The summed E-state index contributed by atoms with van der Waals surface area (Å²) in [5.41, 5.74) is 1.09. The van der Waals surface area contributed by atoms with Crippen LogP contribution >= 0.6 is 34.3 Å². The van der Waals surface area contributed by atoms with E-state index in [9.17, 15) is 9.59 Å². The van der Waals surface area contributed by atoms with E-state index in [2.05, 4.69) is 36.9 Å². The number of piperazine rings is 1. The van der Waals surface area contributed by atoms with Gasteiger partial charge in [-0.1, -0.05) is 22.9 Å². The van der Waals surface area contributed by atoms with Crippen LogP contribution in [0.3, 0.4) is 0 Å². The average molecular weight is 576 g/mol. The van der Waals surface area contributed by atoms with Crippen LogP contribution in [0.4, 0.5) is 10.9 Å². The third kappa shape index (κ3) is 6.49. The Morgan fingerprint density at radius 3 is 2.63 bits per heavy atom. The van der Waals surface area contributed by atoms with Crippen molar-refractivity contribution < 1.29 is 14.7 Å². The van der Waals surface area contributed by atoms with Gasteiger partial charge in [0.1, 0.15) is 11.5 Å². The van der Waals surface area contributed by atoms with Crippen LogP contribution in [0, 0.1) is 0 Å². The quantitative estimate of drug-likeness (QED) is 0.388. The van der Waals surface area contributed by atoms with Crippen molar-refractivity contribution in [3.63, 3.8) is 0 Å². The highest BCUT2D eigenvalue weighted by Crippen LogP contribution is 2.37. The predicted molar refractivity (Wildman–Crippen MR) is 150 cm³/mol. The average Bonchev–Trinajstić information content (AvgIpc) is 3.63. The second-order valence-corrected chi connectivity index (χ2v) is 12.0. The molecule has 3 aromatic heterocycles. The number of rotatable bonds is 9. The van der Waals surface area contributed by atoms with Gasteiger partial charge in [0.15, 0.2) is 5.13 Å². The van der Waals surface area contributed by atoms with Crippen molar-refractivity contribution in [2.75, 3.05) is 49.5 Å². The molecule has 5 heterocycles. The molecule has 1 amide bonds. The first-order valence-electron chi connectivity index (χ1n) is 12.7. The maximum atomic E-state index is 13.0. The number of aliphatic carboxylic acids is 1. The zero-order valence-corrected chi connectivity index (χ0v) is 23.5. The van der Waals surface area contributed by atoms with Crippen LogP contribution in [-0.4, -0.2) is 87.0 Å². The number of carbonyl (C=O) groups excluding carboxylic acids is 1. The molecule has 38 heavy (non-hydrogen) atoms. The van der Waals surface area contributed by atoms with Gasteiger partial charge in [-0.15, -0.1) is 11.3 Å². The molecular formula is C25H30ClN7O3S2. The summed E-state index contributed by atoms with van der Waals surface area (Å²) in [4.78, 5) is 46.1. The van der Waals surface area contributed by atoms with Gasteiger partial charge in [0.25, 0.3) is 5.91 Å². The van der Waals surface area contributed by atoms with E-state index in [-0.39, 0.29) is 18.0 Å². The van der Waals surface area contributed by atoms with E-state index in [1.54, 1.807) is 17.5 Å². The van der Waals surface area contributed by atoms with Crippen LogP contribution in [0.5, 0.6) is 0 Å². The fourth-order valence-electron chi connectivity index (χ4n) is 4.77. The summed E-state index contributed by atoms with van der Waals surface area (Å²) in [6.07, 6.45) is 5.63. The van der Waals surface area contributed by atoms with Crippen LogP contribution in [-0.2, 0) is 11.3 Å². The monoisotopic (exact) mass is 575 g/mol. The van der Waals surface area contributed by atoms with E-state index in [0.29, 0.717) is 28.6 Å². The van der Waals surface area contributed by atoms with Gasteiger partial charge in [-0.25, -0.2) is 15.0 Å². The highest BCUT2D eigenvalue weighted by atomic mass is 35.5. The molecule has 5 rings (SSSR count). The van der Waals surface area contributed by atoms with E-state index in [0.717, 1.165) is 54.7 Å². The molecule has 0 aliphatic carbocycles. The minimum Gasteiger partial charge on any atom is -0.481 e. The van der Waals surface area contributed by atoms with Crippen LogP contribution in [0.15, 0.2) is 23.8 Å². The number of carboxylic acid groups (broad SMARTS) is 1. The second kappa shape index (κ2) is 12.0. The van der Waals surface area contributed by atoms with Crippen molar-refractivity contribution in [2.45, 2.75) is 38.8 Å². The summed E-state index contributed by atoms with van der Waals surface area (Å²) in [7, 11) is 0. The molecule has 1 unspecified atom stereocenters. The van der Waals surface area contributed by atoms with Crippen molar-refractivity contribution in [3.8, 4) is 10.6 Å². The van der Waals surface area contributed by atoms with Crippen LogP contribution < -0.4 is 10.2 Å². The molecule has 2 aliphatic heterocycles. The first-order chi connectivity index (χ1) is 18.4. The smallest absolute Gasteiger partial charge is 0.304 e. The molecule has 0 spiro atoms. The molecule has 2 fully saturated rings. The van der Waals surface area contributed by atoms with Crippen molar-refractivity contribution >= 4 is 57.1 Å². The number of carboxylic acids is 1. The zero-order valence-electron chi connectivity index (χ0n) is 21.1. The molecule has 0 aromatic carbocycles. The number of nitrogens with one attached hydrogen (secondary N) is 1. The number of likely N-dealkylation sites (tertiary alicyclic amines) is 1. The molecular weight excluding hydrogens is 546 g/mol. The van der Waals surface area contributed by atoms with Crippen LogP contribution in [0.25, 0.3) is 10.6 Å². The summed E-state index contributed by atoms with van der Waals surface area (Å²) in [5.74, 6) is -0.435. The Hall–Kier alpha value is -2.64. The van der Waals surface area contributed by atoms with Crippen molar-refractivity contribution in [1.29, 1.82) is 0 Å². The number of halogens is 1. The standard InChI is InChI=1S/C25H30ClN7O3S2/c1-16-3-2-5-33(16)14-20-23(19-11-17(26)15-37-19)29-25(38-20)30-24(36)18-12-28-21(13-27-18)32-9-7-31(8-10-32)6-4-22(34)35/h11-13,15-16H,2-10,14H2,1H3,(H,34,35)(H,29,30,36). The predicted octanol–water partition coefficient (Wildman–Crippen LogP) is 4.15. The molecule has 3 aromatic rings. The molecule has 202 valence electrons. The number of thiazole rings is 1. The van der Waals surface area contributed by atoms with Gasteiger partial charge in [0.2, 0.25) is 0 Å². The maximum Gasteiger partial charge on any atom is 0.304 e. The molecule has 0 bridgehead atoms. The molecule has 10 nitrogen and oxygen atoms in total. The Morgan fingerprint density at radius 2 is 2.00 bits per heavy atom. The first-order valence-corrected chi connectivity index (χ1v) is 14.7. The molecule has 13 heteroatoms. The van der Waals surface area contributed by atoms with E-state index in [1.165, 1.54) is 30.4 Å². The van der Waals surface area contributed by atoms with Gasteiger partial charge in [-0.05, 0) is 32.4 Å². The summed E-state index contributed by atoms with van der Waals surface area (Å²) in [6.45, 7) is 7.63. The van der Waals surface area contributed by atoms with Crippen LogP contribution in [0.1, 0.15) is 41.6 Å². The molecule has 0 radical (unpaired) electrons. The topological polar surface area (TPSA) is 115 Å². The lowest BCUT2D eigenvalue weighted by Crippen LogP contribution is -2.47. The number of amides is 1. The molecule has 2 aliphatic rings. The van der Waals surface area contributed by atoms with Gasteiger partial charge in [0, 0.05) is 55.6 Å². The Kier molecular flexibility index (Phi) is 8.54. The van der Waals surface area contributed by atoms with E-state index in [1.807, 2.05) is 11.4 Å². The highest BCUT2D eigenvalue weighted by molar-refractivity contribution is 7.17. The Bertz CT molecular complexity index is 1270. The number of aromatic nitrogens is 3. The van der Waals surface area contributed by atoms with E-state index >= 15 is 0 Å². The Balaban J connectivity index is 1.23. The summed E-state index contributed by atoms with van der Waals surface area (Å²) >= 11 is 9.23. The highest BCUT2D eigenvalue weighted by Gasteiger charge is 2.25. The fourth-order valence-corrected chi connectivity index (χ4v) is 6.92. The maximum absolute atomic E-state index is 13.0. The zero-order chi connectivity index (χ0) is 26.6. The van der Waals surface area contributed by atoms with Crippen molar-refractivity contribution in [2.24, 2.45) is 0 Å². The largest absolute Gasteiger partial charge is 0.481 e. The van der Waals surface area contributed by atoms with E-state index < -0.39 is 5.97 Å². The molecule has 2 N–H and O–H groups in total. The normalized spacial score (nSPS) is 18.7. The lowest BCUT2D eigenvalue weighted by Gasteiger charge is -2.34. The van der Waals surface area contributed by atoms with Crippen molar-refractivity contribution in [1.82, 2.24) is 24.8 Å². The lowest BCUT2D eigenvalue weighted by molar-refractivity contribution is -0.137. The third-order valence-electron chi connectivity index (χ3n) is 6.96. The van der Waals surface area contributed by atoms with Gasteiger partial charge in [-0.2, -0.15) is 0 Å². The summed E-state index contributed by atoms with van der Waals surface area (Å²) in [6, 6.07) is 2.44. The Labute approximate surface area is 234 Å². The second-order valence-electron chi connectivity index (χ2n) is 9.57. The van der Waals surface area contributed by atoms with Crippen LogP contribution in [0.2, 0.25) is 5.02 Å². The lowest BCUT2D eigenvalue weighted by atomic mass is 10.2. The van der Waals surface area contributed by atoms with E-state index in [4.69, 9.17) is 21.7 Å². The number of thiophene rings is 1. The summed E-state index contributed by atoms with van der Waals surface area (Å²) < 4.78 is 0. The SMILES string of the molecule is CC1CCCN1Cc1sc(NC(=O)c2cnc(N3CCN(CCC(=O)O)CC3)cn2)nc1-c1cc(Cl)cs1. The minimum absolute atomic E-state index is 0.143. The molecule has 1 atom stereocenters. The van der Waals surface area contributed by atoms with Gasteiger partial charge in [-0.3, -0.25) is 24.7 Å². The van der Waals surface area contributed by atoms with Gasteiger partial charge in [0.05, 0.1) is 34.4 Å². The van der Waals surface area contributed by atoms with Gasteiger partial charge >= 0.3 is 5.97 Å².